The third kappa shape index (κ3) is 5.44. The van der Waals surface area contributed by atoms with E-state index in [4.69, 9.17) is 0 Å². The van der Waals surface area contributed by atoms with Gasteiger partial charge in [0.05, 0.1) is 6.10 Å². The van der Waals surface area contributed by atoms with Crippen LogP contribution in [0.2, 0.25) is 0 Å². The minimum absolute atomic E-state index is 0.00160. The maximum absolute atomic E-state index is 13.8. The van der Waals surface area contributed by atoms with E-state index >= 15 is 0 Å². The number of rotatable bonds is 6. The van der Waals surface area contributed by atoms with E-state index in [9.17, 15) is 14.7 Å². The second kappa shape index (κ2) is 10.9. The summed E-state index contributed by atoms with van der Waals surface area (Å²) in [6.45, 7) is 6.63. The fourth-order valence-corrected chi connectivity index (χ4v) is 7.49. The molecule has 0 aromatic heterocycles. The molecule has 1 atom stereocenters. The van der Waals surface area contributed by atoms with E-state index in [1.807, 2.05) is 9.80 Å². The SMILES string of the molecule is CC(=O)N1CCC(Nc2ccc3c(c2)C(=O)N(C[C@H](O)CN2CCc4ccccc4C2)CC32CCCC2)CC1. The lowest BCUT2D eigenvalue weighted by Crippen LogP contribution is -2.52. The first-order chi connectivity index (χ1) is 18.9. The summed E-state index contributed by atoms with van der Waals surface area (Å²) in [6.07, 6.45) is 6.82. The van der Waals surface area contributed by atoms with Gasteiger partial charge >= 0.3 is 0 Å². The lowest BCUT2D eigenvalue weighted by molar-refractivity contribution is -0.129. The van der Waals surface area contributed by atoms with Gasteiger partial charge in [-0.3, -0.25) is 14.5 Å². The van der Waals surface area contributed by atoms with E-state index in [1.54, 1.807) is 6.92 Å². The summed E-state index contributed by atoms with van der Waals surface area (Å²) < 4.78 is 0. The summed E-state index contributed by atoms with van der Waals surface area (Å²) in [5.41, 5.74) is 5.72. The number of hydrogen-bond acceptors (Lipinski definition) is 5. The molecule has 2 aromatic carbocycles. The Balaban J connectivity index is 1.15. The van der Waals surface area contributed by atoms with Crippen LogP contribution >= 0.6 is 0 Å². The van der Waals surface area contributed by atoms with Crippen LogP contribution in [-0.2, 0) is 23.2 Å². The minimum Gasteiger partial charge on any atom is -0.390 e. The van der Waals surface area contributed by atoms with Crippen molar-refractivity contribution in [2.45, 2.75) is 76.0 Å². The van der Waals surface area contributed by atoms with Crippen molar-refractivity contribution >= 4 is 17.5 Å². The van der Waals surface area contributed by atoms with E-state index in [1.165, 1.54) is 29.5 Å². The molecule has 2 amide bonds. The highest BCUT2D eigenvalue weighted by atomic mass is 16.3. The molecule has 39 heavy (non-hydrogen) atoms. The van der Waals surface area contributed by atoms with Crippen molar-refractivity contribution in [2.75, 3.05) is 44.6 Å². The van der Waals surface area contributed by atoms with Crippen molar-refractivity contribution in [1.29, 1.82) is 0 Å². The molecular weight excluding hydrogens is 488 g/mol. The molecular formula is C32H42N4O3. The van der Waals surface area contributed by atoms with E-state index in [0.29, 0.717) is 25.7 Å². The molecule has 208 valence electrons. The molecule has 2 N–H and O–H groups in total. The van der Waals surface area contributed by atoms with Gasteiger partial charge in [0, 0.05) is 75.4 Å². The Hall–Kier alpha value is -2.90. The number of likely N-dealkylation sites (tertiary alicyclic amines) is 1. The smallest absolute Gasteiger partial charge is 0.254 e. The minimum atomic E-state index is -0.577. The fraction of sp³-hybridized carbons (Fsp3) is 0.562. The van der Waals surface area contributed by atoms with Crippen LogP contribution in [0.5, 0.6) is 0 Å². The summed E-state index contributed by atoms with van der Waals surface area (Å²) in [5, 5.41) is 14.8. The summed E-state index contributed by atoms with van der Waals surface area (Å²) in [4.78, 5) is 31.7. The number of fused-ring (bicyclic) bond motifs is 3. The Bertz CT molecular complexity index is 1220. The van der Waals surface area contributed by atoms with Gasteiger partial charge in [-0.25, -0.2) is 0 Å². The summed E-state index contributed by atoms with van der Waals surface area (Å²) in [5.74, 6) is 0.183. The molecule has 1 saturated carbocycles. The molecule has 3 aliphatic heterocycles. The number of β-amino-alcohol motifs (C(OH)–C–C–N with tert-alkyl or cyclic N) is 1. The number of nitrogens with zero attached hydrogens (tertiary/aromatic N) is 3. The van der Waals surface area contributed by atoms with E-state index in [2.05, 4.69) is 52.7 Å². The zero-order chi connectivity index (χ0) is 27.0. The van der Waals surface area contributed by atoms with Crippen LogP contribution in [0.3, 0.4) is 0 Å². The van der Waals surface area contributed by atoms with Crippen molar-refractivity contribution in [3.8, 4) is 0 Å². The van der Waals surface area contributed by atoms with E-state index in [0.717, 1.165) is 69.5 Å². The number of nitrogens with one attached hydrogen (secondary N) is 1. The van der Waals surface area contributed by atoms with Crippen molar-refractivity contribution in [3.05, 3.63) is 64.7 Å². The predicted molar refractivity (Wildman–Crippen MR) is 153 cm³/mol. The molecule has 1 spiro atoms. The van der Waals surface area contributed by atoms with Gasteiger partial charge in [-0.15, -0.1) is 0 Å². The largest absolute Gasteiger partial charge is 0.390 e. The van der Waals surface area contributed by atoms with Gasteiger partial charge in [0.2, 0.25) is 5.91 Å². The van der Waals surface area contributed by atoms with Crippen LogP contribution in [-0.4, -0.2) is 83.0 Å². The normalized spacial score (nSPS) is 22.1. The average Bonchev–Trinajstić information content (AvgIpc) is 3.41. The lowest BCUT2D eigenvalue weighted by atomic mass is 9.73. The quantitative estimate of drug-likeness (QED) is 0.594. The molecule has 7 heteroatoms. The molecule has 1 saturated heterocycles. The second-order valence-electron chi connectivity index (χ2n) is 12.3. The van der Waals surface area contributed by atoms with Crippen molar-refractivity contribution in [2.24, 2.45) is 0 Å². The number of hydrogen-bond donors (Lipinski definition) is 2. The van der Waals surface area contributed by atoms with Crippen molar-refractivity contribution in [3.63, 3.8) is 0 Å². The van der Waals surface area contributed by atoms with Crippen molar-refractivity contribution < 1.29 is 14.7 Å². The molecule has 0 bridgehead atoms. The highest BCUT2D eigenvalue weighted by Gasteiger charge is 2.45. The monoisotopic (exact) mass is 530 g/mol. The zero-order valence-corrected chi connectivity index (χ0v) is 23.2. The molecule has 6 rings (SSSR count). The highest BCUT2D eigenvalue weighted by molar-refractivity contribution is 5.98. The highest BCUT2D eigenvalue weighted by Crippen LogP contribution is 2.46. The number of anilines is 1. The zero-order valence-electron chi connectivity index (χ0n) is 23.2. The number of carbonyl (C=O) groups excluding carboxylic acids is 2. The summed E-state index contributed by atoms with van der Waals surface area (Å²) >= 11 is 0. The predicted octanol–water partition coefficient (Wildman–Crippen LogP) is 3.80. The van der Waals surface area contributed by atoms with Gasteiger partial charge in [-0.1, -0.05) is 43.2 Å². The third-order valence-electron chi connectivity index (χ3n) is 9.58. The van der Waals surface area contributed by atoms with E-state index < -0.39 is 6.10 Å². The Morgan fingerprint density at radius 3 is 2.54 bits per heavy atom. The number of benzene rings is 2. The van der Waals surface area contributed by atoms with Crippen LogP contribution in [0.4, 0.5) is 5.69 Å². The van der Waals surface area contributed by atoms with E-state index in [-0.39, 0.29) is 17.2 Å². The summed E-state index contributed by atoms with van der Waals surface area (Å²) in [7, 11) is 0. The van der Waals surface area contributed by atoms with Gasteiger partial charge < -0.3 is 20.2 Å². The standard InChI is InChI=1S/C32H42N4O3/c1-23(37)35-16-11-26(12-17-35)33-27-8-9-30-29(18-27)31(39)36(22-32(30)13-4-5-14-32)21-28(38)20-34-15-10-24-6-2-3-7-25(24)19-34/h2-3,6-9,18,26,28,33,38H,4-5,10-17,19-22H2,1H3/t28-/m1/s1. The van der Waals surface area contributed by atoms with Crippen molar-refractivity contribution in [1.82, 2.24) is 14.7 Å². The Morgan fingerprint density at radius 2 is 1.79 bits per heavy atom. The Morgan fingerprint density at radius 1 is 1.05 bits per heavy atom. The maximum Gasteiger partial charge on any atom is 0.254 e. The fourth-order valence-electron chi connectivity index (χ4n) is 7.49. The molecule has 1 aliphatic carbocycles. The third-order valence-corrected chi connectivity index (χ3v) is 9.58. The molecule has 4 aliphatic rings. The number of piperidine rings is 1. The summed E-state index contributed by atoms with van der Waals surface area (Å²) in [6, 6.07) is 15.2. The number of aliphatic hydroxyl groups excluding tert-OH is 1. The molecule has 2 fully saturated rings. The van der Waals surface area contributed by atoms with Crippen LogP contribution in [0, 0.1) is 0 Å². The van der Waals surface area contributed by atoms with Gasteiger partial charge in [-0.2, -0.15) is 0 Å². The first kappa shape index (κ1) is 26.3. The molecule has 7 nitrogen and oxygen atoms in total. The topological polar surface area (TPSA) is 76.1 Å². The van der Waals surface area contributed by atoms with Crippen LogP contribution in [0.15, 0.2) is 42.5 Å². The molecule has 3 heterocycles. The van der Waals surface area contributed by atoms with Gasteiger partial charge in [-0.05, 0) is 60.9 Å². The Labute approximate surface area is 232 Å². The van der Waals surface area contributed by atoms with Gasteiger partial charge in [0.25, 0.3) is 5.91 Å². The maximum atomic E-state index is 13.8. The number of amides is 2. The van der Waals surface area contributed by atoms with Crippen LogP contribution in [0.25, 0.3) is 0 Å². The van der Waals surface area contributed by atoms with Crippen LogP contribution in [0.1, 0.15) is 72.5 Å². The number of carbonyl (C=O) groups is 2. The van der Waals surface area contributed by atoms with Crippen LogP contribution < -0.4 is 5.32 Å². The Kier molecular flexibility index (Phi) is 7.38. The van der Waals surface area contributed by atoms with Gasteiger partial charge in [0.1, 0.15) is 0 Å². The first-order valence-electron chi connectivity index (χ1n) is 14.8. The molecule has 0 unspecified atom stereocenters. The second-order valence-corrected chi connectivity index (χ2v) is 12.3. The average molecular weight is 531 g/mol. The molecule has 2 aromatic rings. The number of aliphatic hydroxyl groups is 1. The first-order valence-corrected chi connectivity index (χ1v) is 14.8. The molecule has 0 radical (unpaired) electrons. The lowest BCUT2D eigenvalue weighted by Gasteiger charge is -2.43. The van der Waals surface area contributed by atoms with Gasteiger partial charge in [0.15, 0.2) is 0 Å².